The zero-order valence-electron chi connectivity index (χ0n) is 13.3. The van der Waals surface area contributed by atoms with Gasteiger partial charge in [-0.25, -0.2) is 4.79 Å². The summed E-state index contributed by atoms with van der Waals surface area (Å²) in [5.41, 5.74) is 1.12. The van der Waals surface area contributed by atoms with E-state index in [9.17, 15) is 4.79 Å². The van der Waals surface area contributed by atoms with E-state index in [4.69, 9.17) is 16.3 Å². The lowest BCUT2D eigenvalue weighted by atomic mass is 10.2. The van der Waals surface area contributed by atoms with Crippen LogP contribution in [0.1, 0.15) is 26.3 Å². The standard InChI is InChI=1S/C18H19ClINO2/c1-18(2,3)23-17(22)21(16-11-7-6-10-15(16)20)12-13-8-4-5-9-14(13)19/h4-11H,12H2,1-3H3. The Morgan fingerprint density at radius 1 is 1.13 bits per heavy atom. The monoisotopic (exact) mass is 443 g/mol. The SMILES string of the molecule is CC(C)(C)OC(=O)N(Cc1ccccc1Cl)c1ccccc1I. The number of amides is 1. The van der Waals surface area contributed by atoms with Gasteiger partial charge >= 0.3 is 6.09 Å². The van der Waals surface area contributed by atoms with Gasteiger partial charge in [-0.2, -0.15) is 0 Å². The summed E-state index contributed by atoms with van der Waals surface area (Å²) in [5, 5.41) is 0.631. The molecule has 2 aromatic carbocycles. The molecule has 0 aliphatic rings. The summed E-state index contributed by atoms with van der Waals surface area (Å²) < 4.78 is 6.54. The van der Waals surface area contributed by atoms with E-state index in [1.807, 2.05) is 69.3 Å². The second kappa shape index (κ2) is 7.53. The van der Waals surface area contributed by atoms with Crippen LogP contribution in [0.5, 0.6) is 0 Å². The Morgan fingerprint density at radius 2 is 1.74 bits per heavy atom. The maximum absolute atomic E-state index is 12.7. The predicted octanol–water partition coefficient (Wildman–Crippen LogP) is 5.89. The highest BCUT2D eigenvalue weighted by Gasteiger charge is 2.25. The van der Waals surface area contributed by atoms with Crippen molar-refractivity contribution in [3.63, 3.8) is 0 Å². The molecular weight excluding hydrogens is 425 g/mol. The lowest BCUT2D eigenvalue weighted by Gasteiger charge is -2.28. The van der Waals surface area contributed by atoms with Gasteiger partial charge in [0.05, 0.1) is 12.2 Å². The second-order valence-corrected chi connectivity index (χ2v) is 7.68. The summed E-state index contributed by atoms with van der Waals surface area (Å²) in [6.45, 7) is 5.92. The van der Waals surface area contributed by atoms with Gasteiger partial charge in [-0.05, 0) is 67.1 Å². The molecule has 0 N–H and O–H groups in total. The van der Waals surface area contributed by atoms with Crippen molar-refractivity contribution in [1.82, 2.24) is 0 Å². The fraction of sp³-hybridized carbons (Fsp3) is 0.278. The van der Waals surface area contributed by atoms with Crippen molar-refractivity contribution in [2.45, 2.75) is 32.9 Å². The van der Waals surface area contributed by atoms with Crippen LogP contribution in [0.4, 0.5) is 10.5 Å². The first-order valence-corrected chi connectivity index (χ1v) is 8.72. The van der Waals surface area contributed by atoms with Crippen molar-refractivity contribution < 1.29 is 9.53 Å². The van der Waals surface area contributed by atoms with Crippen LogP contribution in [0.3, 0.4) is 0 Å². The molecule has 0 fully saturated rings. The molecule has 0 bridgehead atoms. The van der Waals surface area contributed by atoms with Crippen LogP contribution in [0.15, 0.2) is 48.5 Å². The highest BCUT2D eigenvalue weighted by molar-refractivity contribution is 14.1. The topological polar surface area (TPSA) is 29.5 Å². The molecule has 0 radical (unpaired) electrons. The Morgan fingerprint density at radius 3 is 2.35 bits per heavy atom. The Hall–Kier alpha value is -1.27. The molecule has 122 valence electrons. The summed E-state index contributed by atoms with van der Waals surface area (Å²) in [4.78, 5) is 14.3. The highest BCUT2D eigenvalue weighted by Crippen LogP contribution is 2.27. The normalized spacial score (nSPS) is 11.2. The van der Waals surface area contributed by atoms with Gasteiger partial charge in [0.1, 0.15) is 5.60 Å². The van der Waals surface area contributed by atoms with E-state index >= 15 is 0 Å². The Labute approximate surface area is 155 Å². The number of halogens is 2. The summed E-state index contributed by atoms with van der Waals surface area (Å²) in [6, 6.07) is 15.2. The molecular formula is C18H19ClINO2. The van der Waals surface area contributed by atoms with Crippen LogP contribution in [-0.2, 0) is 11.3 Å². The molecule has 0 aromatic heterocycles. The Kier molecular flexibility index (Phi) is 5.92. The van der Waals surface area contributed by atoms with Crippen molar-refractivity contribution in [3.8, 4) is 0 Å². The third-order valence-electron chi connectivity index (χ3n) is 3.04. The van der Waals surface area contributed by atoms with Crippen LogP contribution in [0, 0.1) is 3.57 Å². The molecule has 0 spiro atoms. The molecule has 0 saturated carbocycles. The second-order valence-electron chi connectivity index (χ2n) is 6.11. The van der Waals surface area contributed by atoms with Crippen molar-refractivity contribution in [2.75, 3.05) is 4.90 Å². The van der Waals surface area contributed by atoms with Crippen LogP contribution >= 0.6 is 34.2 Å². The molecule has 0 aliphatic heterocycles. The largest absolute Gasteiger partial charge is 0.443 e. The third kappa shape index (κ3) is 5.11. The van der Waals surface area contributed by atoms with E-state index in [0.29, 0.717) is 11.6 Å². The average molecular weight is 444 g/mol. The fourth-order valence-electron chi connectivity index (χ4n) is 2.03. The van der Waals surface area contributed by atoms with Crippen LogP contribution < -0.4 is 4.90 Å². The van der Waals surface area contributed by atoms with Crippen molar-refractivity contribution in [1.29, 1.82) is 0 Å². The van der Waals surface area contributed by atoms with Gasteiger partial charge in [-0.3, -0.25) is 4.90 Å². The summed E-state index contributed by atoms with van der Waals surface area (Å²) in [5.74, 6) is 0. The van der Waals surface area contributed by atoms with Crippen LogP contribution in [-0.4, -0.2) is 11.7 Å². The maximum Gasteiger partial charge on any atom is 0.415 e. The van der Waals surface area contributed by atoms with Crippen LogP contribution in [0.2, 0.25) is 5.02 Å². The molecule has 2 rings (SSSR count). The molecule has 2 aromatic rings. The summed E-state index contributed by atoms with van der Waals surface area (Å²) in [7, 11) is 0. The number of benzene rings is 2. The minimum atomic E-state index is -0.559. The van der Waals surface area contributed by atoms with E-state index in [2.05, 4.69) is 22.6 Å². The maximum atomic E-state index is 12.7. The van der Waals surface area contributed by atoms with Gasteiger partial charge in [-0.1, -0.05) is 41.9 Å². The van der Waals surface area contributed by atoms with Gasteiger partial charge < -0.3 is 4.74 Å². The molecule has 0 unspecified atom stereocenters. The Balaban J connectivity index is 2.38. The number of nitrogens with zero attached hydrogens (tertiary/aromatic N) is 1. The molecule has 0 heterocycles. The fourth-order valence-corrected chi connectivity index (χ4v) is 2.91. The van der Waals surface area contributed by atoms with E-state index in [1.54, 1.807) is 4.90 Å². The molecule has 5 heteroatoms. The summed E-state index contributed by atoms with van der Waals surface area (Å²) in [6.07, 6.45) is -0.387. The van der Waals surface area contributed by atoms with E-state index < -0.39 is 5.60 Å². The van der Waals surface area contributed by atoms with Crippen molar-refractivity contribution in [3.05, 3.63) is 62.7 Å². The number of anilines is 1. The number of para-hydroxylation sites is 1. The molecule has 0 saturated heterocycles. The lowest BCUT2D eigenvalue weighted by Crippen LogP contribution is -2.37. The van der Waals surface area contributed by atoms with Gasteiger partial charge in [0.25, 0.3) is 0 Å². The number of hydrogen-bond donors (Lipinski definition) is 0. The average Bonchev–Trinajstić information content (AvgIpc) is 2.45. The highest BCUT2D eigenvalue weighted by atomic mass is 127. The predicted molar refractivity (Wildman–Crippen MR) is 103 cm³/mol. The third-order valence-corrected chi connectivity index (χ3v) is 4.32. The molecule has 3 nitrogen and oxygen atoms in total. The molecule has 23 heavy (non-hydrogen) atoms. The number of ether oxygens (including phenoxy) is 1. The first-order chi connectivity index (χ1) is 10.8. The number of rotatable bonds is 3. The molecule has 0 atom stereocenters. The number of hydrogen-bond acceptors (Lipinski definition) is 2. The van der Waals surface area contributed by atoms with E-state index in [-0.39, 0.29) is 6.09 Å². The zero-order chi connectivity index (χ0) is 17.0. The number of carbonyl (C=O) groups excluding carboxylic acids is 1. The quantitative estimate of drug-likeness (QED) is 0.554. The minimum Gasteiger partial charge on any atom is -0.443 e. The van der Waals surface area contributed by atoms with E-state index in [0.717, 1.165) is 14.8 Å². The van der Waals surface area contributed by atoms with Crippen molar-refractivity contribution in [2.24, 2.45) is 0 Å². The number of carbonyl (C=O) groups is 1. The van der Waals surface area contributed by atoms with Gasteiger partial charge in [0.15, 0.2) is 0 Å². The minimum absolute atomic E-state index is 0.356. The molecule has 0 aliphatic carbocycles. The van der Waals surface area contributed by atoms with Gasteiger partial charge in [-0.15, -0.1) is 0 Å². The lowest BCUT2D eigenvalue weighted by molar-refractivity contribution is 0.0577. The van der Waals surface area contributed by atoms with Crippen molar-refractivity contribution >= 4 is 46.0 Å². The van der Waals surface area contributed by atoms with Gasteiger partial charge in [0.2, 0.25) is 0 Å². The Bertz CT molecular complexity index is 697. The van der Waals surface area contributed by atoms with Crippen LogP contribution in [0.25, 0.3) is 0 Å². The van der Waals surface area contributed by atoms with Gasteiger partial charge in [0, 0.05) is 8.59 Å². The molecule has 1 amide bonds. The van der Waals surface area contributed by atoms with E-state index in [1.165, 1.54) is 0 Å². The summed E-state index contributed by atoms with van der Waals surface area (Å²) >= 11 is 8.47. The first-order valence-electron chi connectivity index (χ1n) is 7.26. The first kappa shape index (κ1) is 18.1. The smallest absolute Gasteiger partial charge is 0.415 e. The zero-order valence-corrected chi connectivity index (χ0v) is 16.3.